The third-order valence-corrected chi connectivity index (χ3v) is 4.89. The molecule has 7 nitrogen and oxygen atoms in total. The number of aromatic nitrogens is 2. The van der Waals surface area contributed by atoms with Crippen molar-refractivity contribution in [2.75, 3.05) is 25.5 Å². The number of hydrogen-bond donors (Lipinski definition) is 1. The lowest BCUT2D eigenvalue weighted by molar-refractivity contribution is -0.137. The van der Waals surface area contributed by atoms with Crippen LogP contribution in [0, 0.1) is 5.92 Å². The maximum Gasteiger partial charge on any atom is 0.245 e. The van der Waals surface area contributed by atoms with Gasteiger partial charge in [-0.05, 0) is 31.2 Å². The Kier molecular flexibility index (Phi) is 7.07. The number of nitrogens with zero attached hydrogens (tertiary/aromatic N) is 3. The molecule has 0 aliphatic carbocycles. The summed E-state index contributed by atoms with van der Waals surface area (Å²) in [7, 11) is 1.61. The number of carbonyl (C=O) groups excluding carboxylic acids is 2. The molecule has 0 fully saturated rings. The Morgan fingerprint density at radius 1 is 1.10 bits per heavy atom. The third kappa shape index (κ3) is 5.31. The van der Waals surface area contributed by atoms with Crippen LogP contribution in [0.2, 0.25) is 0 Å². The van der Waals surface area contributed by atoms with Gasteiger partial charge in [0.2, 0.25) is 11.8 Å². The fraction of sp³-hybridized carbons (Fsp3) is 0.292. The number of nitrogens with one attached hydrogen (secondary N) is 1. The predicted molar refractivity (Wildman–Crippen MR) is 121 cm³/mol. The van der Waals surface area contributed by atoms with Crippen molar-refractivity contribution in [2.24, 2.45) is 5.92 Å². The smallest absolute Gasteiger partial charge is 0.245 e. The highest BCUT2D eigenvalue weighted by Gasteiger charge is 2.20. The van der Waals surface area contributed by atoms with E-state index < -0.39 is 0 Å². The van der Waals surface area contributed by atoms with E-state index in [4.69, 9.17) is 9.84 Å². The maximum atomic E-state index is 12.8. The molecule has 0 spiro atoms. The van der Waals surface area contributed by atoms with Crippen molar-refractivity contribution in [1.29, 1.82) is 0 Å². The average Bonchev–Trinajstić information content (AvgIpc) is 3.21. The van der Waals surface area contributed by atoms with E-state index in [1.54, 1.807) is 16.7 Å². The molecule has 0 atom stereocenters. The summed E-state index contributed by atoms with van der Waals surface area (Å²) < 4.78 is 6.92. The van der Waals surface area contributed by atoms with E-state index in [1.165, 1.54) is 0 Å². The van der Waals surface area contributed by atoms with E-state index in [0.29, 0.717) is 12.4 Å². The van der Waals surface area contributed by atoms with Gasteiger partial charge in [0, 0.05) is 24.1 Å². The van der Waals surface area contributed by atoms with Gasteiger partial charge in [0.05, 0.1) is 25.0 Å². The van der Waals surface area contributed by atoms with Gasteiger partial charge >= 0.3 is 0 Å². The first kappa shape index (κ1) is 22.1. The Hall–Kier alpha value is -3.61. The highest BCUT2D eigenvalue weighted by Crippen LogP contribution is 2.25. The van der Waals surface area contributed by atoms with Crippen molar-refractivity contribution >= 4 is 17.6 Å². The lowest BCUT2D eigenvalue weighted by Gasteiger charge is -2.22. The lowest BCUT2D eigenvalue weighted by Crippen LogP contribution is -2.40. The quantitative estimate of drug-likeness (QED) is 0.598. The van der Waals surface area contributed by atoms with Gasteiger partial charge in [-0.25, -0.2) is 4.68 Å². The highest BCUT2D eigenvalue weighted by molar-refractivity contribution is 5.94. The number of likely N-dealkylation sites (N-methyl/N-ethyl adjacent to an activating group) is 1. The SMILES string of the molecule is CCN(CC(=O)Nc1cc(-c2ccccc2)nn1-c1ccc(OC)cc1)C(=O)C(C)C. The Bertz CT molecular complexity index is 1030. The van der Waals surface area contributed by atoms with Crippen molar-refractivity contribution in [3.8, 4) is 22.7 Å². The minimum Gasteiger partial charge on any atom is -0.497 e. The number of anilines is 1. The number of amides is 2. The van der Waals surface area contributed by atoms with Crippen LogP contribution < -0.4 is 10.1 Å². The molecule has 31 heavy (non-hydrogen) atoms. The zero-order chi connectivity index (χ0) is 22.4. The minimum atomic E-state index is -0.273. The van der Waals surface area contributed by atoms with Crippen LogP contribution in [0.25, 0.3) is 16.9 Å². The topological polar surface area (TPSA) is 76.5 Å². The van der Waals surface area contributed by atoms with Crippen LogP contribution in [0.1, 0.15) is 20.8 Å². The molecule has 0 saturated carbocycles. The molecular formula is C24H28N4O3. The van der Waals surface area contributed by atoms with Crippen LogP contribution in [0.15, 0.2) is 60.7 Å². The number of carbonyl (C=O) groups is 2. The number of rotatable bonds is 8. The molecule has 0 bridgehead atoms. The fourth-order valence-corrected chi connectivity index (χ4v) is 3.21. The van der Waals surface area contributed by atoms with Crippen molar-refractivity contribution in [1.82, 2.24) is 14.7 Å². The zero-order valence-electron chi connectivity index (χ0n) is 18.3. The first-order chi connectivity index (χ1) is 14.9. The monoisotopic (exact) mass is 420 g/mol. The van der Waals surface area contributed by atoms with E-state index >= 15 is 0 Å². The number of ether oxygens (including phenoxy) is 1. The van der Waals surface area contributed by atoms with Gasteiger partial charge < -0.3 is 15.0 Å². The summed E-state index contributed by atoms with van der Waals surface area (Å²) >= 11 is 0. The first-order valence-electron chi connectivity index (χ1n) is 10.3. The Morgan fingerprint density at radius 2 is 1.77 bits per heavy atom. The summed E-state index contributed by atoms with van der Waals surface area (Å²) in [5.41, 5.74) is 2.46. The second kappa shape index (κ2) is 9.93. The third-order valence-electron chi connectivity index (χ3n) is 4.89. The van der Waals surface area contributed by atoms with Crippen LogP contribution in [-0.4, -0.2) is 46.7 Å². The van der Waals surface area contributed by atoms with Crippen molar-refractivity contribution < 1.29 is 14.3 Å². The molecule has 3 aromatic rings. The van der Waals surface area contributed by atoms with Crippen LogP contribution in [0.5, 0.6) is 5.75 Å². The summed E-state index contributed by atoms with van der Waals surface area (Å²) in [6, 6.07) is 19.0. The zero-order valence-corrected chi connectivity index (χ0v) is 18.3. The fourth-order valence-electron chi connectivity index (χ4n) is 3.21. The molecule has 0 saturated heterocycles. The number of benzene rings is 2. The summed E-state index contributed by atoms with van der Waals surface area (Å²) in [6.45, 7) is 5.98. The molecule has 0 unspecified atom stereocenters. The maximum absolute atomic E-state index is 12.8. The molecule has 162 valence electrons. The average molecular weight is 421 g/mol. The van der Waals surface area contributed by atoms with Gasteiger partial charge in [-0.15, -0.1) is 0 Å². The van der Waals surface area contributed by atoms with Crippen LogP contribution >= 0.6 is 0 Å². The molecule has 1 heterocycles. The normalized spacial score (nSPS) is 10.7. The highest BCUT2D eigenvalue weighted by atomic mass is 16.5. The van der Waals surface area contributed by atoms with Crippen LogP contribution in [-0.2, 0) is 9.59 Å². The molecule has 7 heteroatoms. The molecule has 0 aliphatic rings. The Labute approximate surface area is 182 Å². The van der Waals surface area contributed by atoms with Gasteiger partial charge in [0.1, 0.15) is 11.6 Å². The summed E-state index contributed by atoms with van der Waals surface area (Å²) in [5, 5.41) is 7.63. The van der Waals surface area contributed by atoms with E-state index in [1.807, 2.05) is 81.4 Å². The molecule has 0 radical (unpaired) electrons. The number of hydrogen-bond acceptors (Lipinski definition) is 4. The van der Waals surface area contributed by atoms with Gasteiger partial charge in [-0.1, -0.05) is 44.2 Å². The molecule has 1 aromatic heterocycles. The van der Waals surface area contributed by atoms with Crippen molar-refractivity contribution in [3.05, 3.63) is 60.7 Å². The first-order valence-corrected chi connectivity index (χ1v) is 10.3. The van der Waals surface area contributed by atoms with Crippen molar-refractivity contribution in [3.63, 3.8) is 0 Å². The number of methoxy groups -OCH3 is 1. The van der Waals surface area contributed by atoms with Gasteiger partial charge in [-0.3, -0.25) is 9.59 Å². The van der Waals surface area contributed by atoms with E-state index in [0.717, 1.165) is 22.7 Å². The Balaban J connectivity index is 1.91. The van der Waals surface area contributed by atoms with E-state index in [2.05, 4.69) is 5.32 Å². The van der Waals surface area contributed by atoms with Gasteiger partial charge in [0.25, 0.3) is 0 Å². The second-order valence-corrected chi connectivity index (χ2v) is 7.45. The van der Waals surface area contributed by atoms with Crippen LogP contribution in [0.4, 0.5) is 5.82 Å². The molecule has 2 amide bonds. The largest absolute Gasteiger partial charge is 0.497 e. The van der Waals surface area contributed by atoms with E-state index in [-0.39, 0.29) is 24.3 Å². The molecule has 2 aromatic carbocycles. The van der Waals surface area contributed by atoms with E-state index in [9.17, 15) is 9.59 Å². The lowest BCUT2D eigenvalue weighted by atomic mass is 10.1. The summed E-state index contributed by atoms with van der Waals surface area (Å²) in [5.74, 6) is 0.774. The summed E-state index contributed by atoms with van der Waals surface area (Å²) in [6.07, 6.45) is 0. The molecule has 3 rings (SSSR count). The van der Waals surface area contributed by atoms with Gasteiger partial charge in [0.15, 0.2) is 0 Å². The molecule has 0 aliphatic heterocycles. The molecular weight excluding hydrogens is 392 g/mol. The minimum absolute atomic E-state index is 0.0119. The summed E-state index contributed by atoms with van der Waals surface area (Å²) in [4.78, 5) is 26.6. The Morgan fingerprint density at radius 3 is 2.35 bits per heavy atom. The standard InChI is InChI=1S/C24H28N4O3/c1-5-27(24(30)17(2)3)16-23(29)25-22-15-21(18-9-7-6-8-10-18)26-28(22)19-11-13-20(31-4)14-12-19/h6-15,17H,5,16H2,1-4H3,(H,25,29). The predicted octanol–water partition coefficient (Wildman–Crippen LogP) is 3.99. The van der Waals surface area contributed by atoms with Gasteiger partial charge in [-0.2, -0.15) is 5.10 Å². The second-order valence-electron chi connectivity index (χ2n) is 7.45. The van der Waals surface area contributed by atoms with Crippen molar-refractivity contribution in [2.45, 2.75) is 20.8 Å². The van der Waals surface area contributed by atoms with Crippen LogP contribution in [0.3, 0.4) is 0 Å². The molecule has 1 N–H and O–H groups in total.